The third kappa shape index (κ3) is 4.96. The van der Waals surface area contributed by atoms with Gasteiger partial charge in [0.05, 0.1) is 0 Å². The fourth-order valence-corrected chi connectivity index (χ4v) is 3.10. The lowest BCUT2D eigenvalue weighted by molar-refractivity contribution is 0.200. The molecule has 1 aromatic rings. The second-order valence-corrected chi connectivity index (χ2v) is 5.51. The Morgan fingerprint density at radius 3 is 2.83 bits per heavy atom. The van der Waals surface area contributed by atoms with Crippen LogP contribution in [0.1, 0.15) is 30.6 Å². The van der Waals surface area contributed by atoms with E-state index in [9.17, 15) is 4.39 Å². The van der Waals surface area contributed by atoms with Crippen molar-refractivity contribution in [1.29, 1.82) is 0 Å². The van der Waals surface area contributed by atoms with E-state index in [0.29, 0.717) is 0 Å². The Kier molecular flexibility index (Phi) is 7.32. The summed E-state index contributed by atoms with van der Waals surface area (Å²) in [5.74, 6) is 0.779. The van der Waals surface area contributed by atoms with Crippen molar-refractivity contribution < 1.29 is 9.13 Å². The van der Waals surface area contributed by atoms with Crippen molar-refractivity contribution in [1.82, 2.24) is 0 Å². The zero-order chi connectivity index (χ0) is 13.4. The molecule has 18 heavy (non-hydrogen) atoms. The number of methoxy groups -OCH3 is 1. The normalized spacial score (nSPS) is 14.4. The maximum absolute atomic E-state index is 13.3. The quantitative estimate of drug-likeness (QED) is 0.736. The molecule has 2 N–H and O–H groups in total. The first kappa shape index (κ1) is 15.5. The van der Waals surface area contributed by atoms with Crippen LogP contribution in [-0.2, 0) is 4.74 Å². The Morgan fingerprint density at radius 1 is 1.44 bits per heavy atom. The number of hydrogen-bond donors (Lipinski definition) is 1. The highest BCUT2D eigenvalue weighted by Gasteiger charge is 2.19. The van der Waals surface area contributed by atoms with Gasteiger partial charge in [0.2, 0.25) is 0 Å². The van der Waals surface area contributed by atoms with Crippen LogP contribution in [0.2, 0.25) is 0 Å². The number of halogens is 1. The highest BCUT2D eigenvalue weighted by molar-refractivity contribution is 7.99. The molecule has 102 valence electrons. The van der Waals surface area contributed by atoms with Gasteiger partial charge < -0.3 is 10.5 Å². The van der Waals surface area contributed by atoms with Crippen LogP contribution in [0.3, 0.4) is 0 Å². The summed E-state index contributed by atoms with van der Waals surface area (Å²) < 4.78 is 18.3. The molecule has 4 heteroatoms. The zero-order valence-electron chi connectivity index (χ0n) is 11.1. The van der Waals surface area contributed by atoms with E-state index >= 15 is 0 Å². The van der Waals surface area contributed by atoms with E-state index in [1.54, 1.807) is 31.0 Å². The number of rotatable bonds is 8. The lowest BCUT2D eigenvalue weighted by atomic mass is 10.0. The standard InChI is InChI=1S/C14H22FNOS/c1-3-13(16)14(18-9-5-8-17-2)11-6-4-7-12(15)10-11/h4,6-7,10,13-14H,3,5,8-9,16H2,1-2H3. The maximum Gasteiger partial charge on any atom is 0.123 e. The Labute approximate surface area is 113 Å². The number of thioether (sulfide) groups is 1. The van der Waals surface area contributed by atoms with E-state index < -0.39 is 0 Å². The average Bonchev–Trinajstić information content (AvgIpc) is 2.38. The summed E-state index contributed by atoms with van der Waals surface area (Å²) in [7, 11) is 1.70. The van der Waals surface area contributed by atoms with Gasteiger partial charge in [-0.15, -0.1) is 0 Å². The highest BCUT2D eigenvalue weighted by atomic mass is 32.2. The molecule has 0 aliphatic heterocycles. The van der Waals surface area contributed by atoms with Crippen molar-refractivity contribution >= 4 is 11.8 Å². The molecule has 1 aromatic carbocycles. The summed E-state index contributed by atoms with van der Waals surface area (Å²) in [4.78, 5) is 0. The monoisotopic (exact) mass is 271 g/mol. The molecule has 0 fully saturated rings. The van der Waals surface area contributed by atoms with Gasteiger partial charge in [0.1, 0.15) is 5.82 Å². The summed E-state index contributed by atoms with van der Waals surface area (Å²) in [5, 5.41) is 0.155. The van der Waals surface area contributed by atoms with E-state index in [1.807, 2.05) is 6.07 Å². The molecule has 0 spiro atoms. The molecule has 0 aromatic heterocycles. The van der Waals surface area contributed by atoms with Crippen molar-refractivity contribution in [3.05, 3.63) is 35.6 Å². The summed E-state index contributed by atoms with van der Waals surface area (Å²) in [6.45, 7) is 2.82. The largest absolute Gasteiger partial charge is 0.385 e. The molecule has 0 amide bonds. The highest BCUT2D eigenvalue weighted by Crippen LogP contribution is 2.33. The Bertz CT molecular complexity index is 348. The molecule has 0 saturated carbocycles. The summed E-state index contributed by atoms with van der Waals surface area (Å²) in [5.41, 5.74) is 7.12. The predicted octanol–water partition coefficient (Wildman–Crippen LogP) is 3.37. The first-order valence-electron chi connectivity index (χ1n) is 6.30. The van der Waals surface area contributed by atoms with Gasteiger partial charge in [-0.1, -0.05) is 19.1 Å². The van der Waals surface area contributed by atoms with E-state index in [2.05, 4.69) is 6.92 Å². The van der Waals surface area contributed by atoms with Crippen LogP contribution in [0.4, 0.5) is 4.39 Å². The van der Waals surface area contributed by atoms with Crippen molar-refractivity contribution in [2.75, 3.05) is 19.5 Å². The van der Waals surface area contributed by atoms with E-state index in [-0.39, 0.29) is 17.1 Å². The topological polar surface area (TPSA) is 35.2 Å². The van der Waals surface area contributed by atoms with Crippen LogP contribution < -0.4 is 5.73 Å². The van der Waals surface area contributed by atoms with Crippen molar-refractivity contribution in [3.63, 3.8) is 0 Å². The number of benzene rings is 1. The second kappa shape index (κ2) is 8.51. The SMILES string of the molecule is CCC(N)C(SCCCOC)c1cccc(F)c1. The molecule has 0 aliphatic carbocycles. The molecule has 0 radical (unpaired) electrons. The summed E-state index contributed by atoms with van der Waals surface area (Å²) >= 11 is 1.78. The molecular weight excluding hydrogens is 249 g/mol. The zero-order valence-corrected chi connectivity index (χ0v) is 11.9. The minimum Gasteiger partial charge on any atom is -0.385 e. The van der Waals surface area contributed by atoms with Gasteiger partial charge in [-0.3, -0.25) is 0 Å². The van der Waals surface area contributed by atoms with Crippen molar-refractivity contribution in [3.8, 4) is 0 Å². The lowest BCUT2D eigenvalue weighted by Gasteiger charge is -2.23. The van der Waals surface area contributed by atoms with Gasteiger partial charge in [0.25, 0.3) is 0 Å². The van der Waals surface area contributed by atoms with Crippen molar-refractivity contribution in [2.24, 2.45) is 5.73 Å². The minimum atomic E-state index is -0.196. The Morgan fingerprint density at radius 2 is 2.22 bits per heavy atom. The van der Waals surface area contributed by atoms with Crippen LogP contribution in [-0.4, -0.2) is 25.5 Å². The average molecular weight is 271 g/mol. The Hall–Kier alpha value is -0.580. The molecule has 0 saturated heterocycles. The van der Waals surface area contributed by atoms with Crippen LogP contribution >= 0.6 is 11.8 Å². The van der Waals surface area contributed by atoms with E-state index in [4.69, 9.17) is 10.5 Å². The molecular formula is C14H22FNOS. The van der Waals surface area contributed by atoms with Gasteiger partial charge in [-0.05, 0) is 36.3 Å². The first-order chi connectivity index (χ1) is 8.69. The number of nitrogens with two attached hydrogens (primary N) is 1. The molecule has 0 aliphatic rings. The molecule has 2 nitrogen and oxygen atoms in total. The van der Waals surface area contributed by atoms with Crippen molar-refractivity contribution in [2.45, 2.75) is 31.1 Å². The van der Waals surface area contributed by atoms with Crippen LogP contribution in [0.15, 0.2) is 24.3 Å². The first-order valence-corrected chi connectivity index (χ1v) is 7.35. The second-order valence-electron chi connectivity index (χ2n) is 4.26. The molecule has 0 bridgehead atoms. The number of ether oxygens (including phenoxy) is 1. The number of hydrogen-bond acceptors (Lipinski definition) is 3. The third-order valence-corrected chi connectivity index (χ3v) is 4.33. The van der Waals surface area contributed by atoms with E-state index in [1.165, 1.54) is 6.07 Å². The van der Waals surface area contributed by atoms with Crippen LogP contribution in [0, 0.1) is 5.82 Å². The fraction of sp³-hybridized carbons (Fsp3) is 0.571. The lowest BCUT2D eigenvalue weighted by Crippen LogP contribution is -2.26. The smallest absolute Gasteiger partial charge is 0.123 e. The van der Waals surface area contributed by atoms with Crippen LogP contribution in [0.5, 0.6) is 0 Å². The maximum atomic E-state index is 13.3. The summed E-state index contributed by atoms with van der Waals surface area (Å²) in [6, 6.07) is 6.80. The summed E-state index contributed by atoms with van der Waals surface area (Å²) in [6.07, 6.45) is 1.88. The third-order valence-electron chi connectivity index (χ3n) is 2.83. The molecule has 2 atom stereocenters. The molecule has 1 rings (SSSR count). The van der Waals surface area contributed by atoms with Gasteiger partial charge in [0.15, 0.2) is 0 Å². The van der Waals surface area contributed by atoms with Crippen LogP contribution in [0.25, 0.3) is 0 Å². The predicted molar refractivity (Wildman–Crippen MR) is 76.4 cm³/mol. The fourth-order valence-electron chi connectivity index (χ4n) is 1.78. The van der Waals surface area contributed by atoms with Gasteiger partial charge in [-0.25, -0.2) is 4.39 Å². The van der Waals surface area contributed by atoms with Gasteiger partial charge in [0, 0.05) is 25.0 Å². The van der Waals surface area contributed by atoms with E-state index in [0.717, 1.165) is 30.8 Å². The minimum absolute atomic E-state index is 0.0549. The van der Waals surface area contributed by atoms with Gasteiger partial charge >= 0.3 is 0 Å². The molecule has 0 heterocycles. The molecule has 2 unspecified atom stereocenters. The van der Waals surface area contributed by atoms with Gasteiger partial charge in [-0.2, -0.15) is 11.8 Å². The Balaban J connectivity index is 2.66.